The zero-order valence-electron chi connectivity index (χ0n) is 15.4. The first-order valence-corrected chi connectivity index (χ1v) is 9.45. The Hall–Kier alpha value is -2.18. The number of hydrogen-bond donors (Lipinski definition) is 1. The Bertz CT molecular complexity index is 966. The highest BCUT2D eigenvalue weighted by molar-refractivity contribution is 6.31. The van der Waals surface area contributed by atoms with Crippen molar-refractivity contribution in [2.75, 3.05) is 20.1 Å². The van der Waals surface area contributed by atoms with Crippen LogP contribution in [0.25, 0.3) is 22.3 Å². The number of fused-ring (bicyclic) bond motifs is 1. The summed E-state index contributed by atoms with van der Waals surface area (Å²) in [5.74, 6) is 0.0699. The lowest BCUT2D eigenvalue weighted by Gasteiger charge is -2.32. The third-order valence-electron chi connectivity index (χ3n) is 5.35. The molecule has 1 fully saturated rings. The lowest BCUT2D eigenvalue weighted by atomic mass is 9.95. The second-order valence-electron chi connectivity index (χ2n) is 7.42. The van der Waals surface area contributed by atoms with Crippen molar-refractivity contribution in [2.45, 2.75) is 26.1 Å². The Balaban J connectivity index is 1.64. The van der Waals surface area contributed by atoms with Crippen LogP contribution in [-0.4, -0.2) is 51.1 Å². The number of aromatic hydroxyl groups is 1. The zero-order chi connectivity index (χ0) is 19.1. The van der Waals surface area contributed by atoms with Crippen molar-refractivity contribution >= 4 is 22.6 Å². The van der Waals surface area contributed by atoms with Crippen LogP contribution >= 0.6 is 11.6 Å². The highest BCUT2D eigenvalue weighted by Crippen LogP contribution is 2.35. The maximum Gasteiger partial charge on any atom is 0.162 e. The molecule has 1 aliphatic rings. The molecule has 3 heterocycles. The van der Waals surface area contributed by atoms with Gasteiger partial charge in [0.1, 0.15) is 11.9 Å². The lowest BCUT2D eigenvalue weighted by Crippen LogP contribution is -2.40. The van der Waals surface area contributed by atoms with Crippen molar-refractivity contribution in [1.29, 1.82) is 0 Å². The number of phenols is 1. The Labute approximate surface area is 162 Å². The number of nitrogens with zero attached hydrogens (tertiary/aromatic N) is 4. The summed E-state index contributed by atoms with van der Waals surface area (Å²) in [6.45, 7) is 3.86. The molecular weight excluding hydrogens is 367 g/mol. The molecule has 0 spiro atoms. The van der Waals surface area contributed by atoms with E-state index in [1.54, 1.807) is 6.07 Å². The van der Waals surface area contributed by atoms with Crippen LogP contribution in [0.15, 0.2) is 30.5 Å². The van der Waals surface area contributed by atoms with Gasteiger partial charge in [0, 0.05) is 41.2 Å². The maximum absolute atomic E-state index is 14.4. The molecule has 0 aliphatic carbocycles. The molecule has 7 heteroatoms. The van der Waals surface area contributed by atoms with Gasteiger partial charge in [0.05, 0.1) is 5.69 Å². The van der Waals surface area contributed by atoms with E-state index in [0.717, 1.165) is 29.6 Å². The van der Waals surface area contributed by atoms with Gasteiger partial charge in [-0.15, -0.1) is 10.2 Å². The first-order valence-electron chi connectivity index (χ1n) is 9.07. The van der Waals surface area contributed by atoms with Crippen LogP contribution in [0, 0.1) is 12.8 Å². The predicted molar refractivity (Wildman–Crippen MR) is 105 cm³/mol. The Morgan fingerprint density at radius 2 is 2.11 bits per heavy atom. The monoisotopic (exact) mass is 388 g/mol. The average Bonchev–Trinajstić information content (AvgIpc) is 2.99. The number of hydrogen-bond acceptors (Lipinski definition) is 4. The minimum absolute atomic E-state index is 0.0131. The number of alkyl halides is 1. The van der Waals surface area contributed by atoms with Crippen LogP contribution in [0.2, 0.25) is 5.02 Å². The highest BCUT2D eigenvalue weighted by atomic mass is 35.5. The van der Waals surface area contributed by atoms with Crippen molar-refractivity contribution in [3.8, 4) is 17.0 Å². The van der Waals surface area contributed by atoms with Gasteiger partial charge in [-0.3, -0.25) is 0 Å². The molecule has 0 bridgehead atoms. The normalized spacial score (nSPS) is 21.0. The van der Waals surface area contributed by atoms with Crippen molar-refractivity contribution in [2.24, 2.45) is 5.92 Å². The number of rotatable bonds is 3. The molecule has 1 saturated heterocycles. The summed E-state index contributed by atoms with van der Waals surface area (Å²) in [7, 11) is 1.95. The Kier molecular flexibility index (Phi) is 4.78. The third kappa shape index (κ3) is 3.51. The molecule has 0 saturated carbocycles. The molecule has 142 valence electrons. The van der Waals surface area contributed by atoms with Gasteiger partial charge in [0.25, 0.3) is 0 Å². The SMILES string of the molecule is Cc1cc(Cl)cc(O)c1-c1cc2ccn(C[C@@H]3CCN(C)C[C@H]3F)c2nn1. The van der Waals surface area contributed by atoms with Gasteiger partial charge >= 0.3 is 0 Å². The van der Waals surface area contributed by atoms with Crippen molar-refractivity contribution in [3.05, 3.63) is 41.0 Å². The molecule has 1 N–H and O–H groups in total. The molecule has 0 unspecified atom stereocenters. The van der Waals surface area contributed by atoms with Crippen LogP contribution in [0.1, 0.15) is 12.0 Å². The quantitative estimate of drug-likeness (QED) is 0.735. The highest BCUT2D eigenvalue weighted by Gasteiger charge is 2.28. The molecule has 5 nitrogen and oxygen atoms in total. The van der Waals surface area contributed by atoms with E-state index in [-0.39, 0.29) is 11.7 Å². The summed E-state index contributed by atoms with van der Waals surface area (Å²) in [4.78, 5) is 2.03. The molecule has 4 rings (SSSR count). The van der Waals surface area contributed by atoms with Gasteiger partial charge in [-0.2, -0.15) is 0 Å². The van der Waals surface area contributed by atoms with E-state index >= 15 is 0 Å². The topological polar surface area (TPSA) is 54.2 Å². The van der Waals surface area contributed by atoms with E-state index in [9.17, 15) is 9.50 Å². The molecule has 1 aromatic carbocycles. The van der Waals surface area contributed by atoms with Gasteiger partial charge in [0.2, 0.25) is 0 Å². The van der Waals surface area contributed by atoms with Crippen molar-refractivity contribution in [1.82, 2.24) is 19.7 Å². The van der Waals surface area contributed by atoms with Gasteiger partial charge in [-0.1, -0.05) is 11.6 Å². The van der Waals surface area contributed by atoms with E-state index in [2.05, 4.69) is 10.2 Å². The largest absolute Gasteiger partial charge is 0.507 e. The number of benzene rings is 1. The average molecular weight is 389 g/mol. The first-order chi connectivity index (χ1) is 12.9. The molecule has 3 aromatic rings. The number of phenolic OH excluding ortho intramolecular Hbond substituents is 1. The van der Waals surface area contributed by atoms with E-state index in [0.29, 0.717) is 29.4 Å². The second kappa shape index (κ2) is 7.09. The van der Waals surface area contributed by atoms with Crippen molar-refractivity contribution < 1.29 is 9.50 Å². The van der Waals surface area contributed by atoms with Crippen LogP contribution in [0.3, 0.4) is 0 Å². The van der Waals surface area contributed by atoms with E-state index < -0.39 is 6.17 Å². The number of halogens is 2. The van der Waals surface area contributed by atoms with E-state index in [1.165, 1.54) is 6.07 Å². The van der Waals surface area contributed by atoms with Crippen LogP contribution < -0.4 is 0 Å². The molecule has 2 atom stereocenters. The Morgan fingerprint density at radius 3 is 2.85 bits per heavy atom. The fraction of sp³-hybridized carbons (Fsp3) is 0.400. The van der Waals surface area contributed by atoms with Gasteiger partial charge in [0.15, 0.2) is 5.65 Å². The molecule has 0 radical (unpaired) electrons. The molecule has 1 aliphatic heterocycles. The van der Waals surface area contributed by atoms with Crippen molar-refractivity contribution in [3.63, 3.8) is 0 Å². The van der Waals surface area contributed by atoms with E-state index in [1.807, 2.05) is 41.8 Å². The minimum Gasteiger partial charge on any atom is -0.507 e. The summed E-state index contributed by atoms with van der Waals surface area (Å²) in [5, 5.41) is 20.3. The summed E-state index contributed by atoms with van der Waals surface area (Å²) >= 11 is 5.99. The van der Waals surface area contributed by atoms with Crippen LogP contribution in [-0.2, 0) is 6.54 Å². The molecule has 2 aromatic heterocycles. The van der Waals surface area contributed by atoms with Gasteiger partial charge in [-0.25, -0.2) is 4.39 Å². The van der Waals surface area contributed by atoms with Crippen LogP contribution in [0.4, 0.5) is 4.39 Å². The first kappa shape index (κ1) is 18.2. The summed E-state index contributed by atoms with van der Waals surface area (Å²) < 4.78 is 16.3. The maximum atomic E-state index is 14.4. The summed E-state index contributed by atoms with van der Waals surface area (Å²) in [6.07, 6.45) is 1.94. The number of aryl methyl sites for hydroxylation is 1. The summed E-state index contributed by atoms with van der Waals surface area (Å²) in [6, 6.07) is 7.14. The Morgan fingerprint density at radius 1 is 1.30 bits per heavy atom. The van der Waals surface area contributed by atoms with E-state index in [4.69, 9.17) is 11.6 Å². The summed E-state index contributed by atoms with van der Waals surface area (Å²) in [5.41, 5.74) is 2.78. The standard InChI is InChI=1S/C20H22ClFN4O/c1-12-7-15(21)9-18(27)19(12)17-8-13-4-6-26(20(13)24-23-17)10-14-3-5-25(2)11-16(14)22/h4,6-9,14,16,27H,3,5,10-11H2,1-2H3/t14-,16+/m0/s1. The smallest absolute Gasteiger partial charge is 0.162 e. The third-order valence-corrected chi connectivity index (χ3v) is 5.57. The minimum atomic E-state index is -0.831. The number of piperidine rings is 1. The second-order valence-corrected chi connectivity index (χ2v) is 7.86. The number of aromatic nitrogens is 3. The van der Waals surface area contributed by atoms with Gasteiger partial charge < -0.3 is 14.6 Å². The molecule has 0 amide bonds. The molecular formula is C20H22ClFN4O. The number of likely N-dealkylation sites (tertiary alicyclic amines) is 1. The fourth-order valence-electron chi connectivity index (χ4n) is 3.88. The lowest BCUT2D eigenvalue weighted by molar-refractivity contribution is 0.0926. The fourth-order valence-corrected chi connectivity index (χ4v) is 4.15. The van der Waals surface area contributed by atoms with Gasteiger partial charge in [-0.05, 0) is 56.8 Å². The van der Waals surface area contributed by atoms with Crippen LogP contribution in [0.5, 0.6) is 5.75 Å². The predicted octanol–water partition coefficient (Wildman–Crippen LogP) is 4.06. The molecule has 27 heavy (non-hydrogen) atoms. The zero-order valence-corrected chi connectivity index (χ0v) is 16.1.